The Morgan fingerprint density at radius 3 is 2.76 bits per heavy atom. The highest BCUT2D eigenvalue weighted by atomic mass is 35.5. The molecule has 0 saturated heterocycles. The molecule has 0 radical (unpaired) electrons. The van der Waals surface area contributed by atoms with Gasteiger partial charge in [-0.2, -0.15) is 5.10 Å². The van der Waals surface area contributed by atoms with Gasteiger partial charge in [0.15, 0.2) is 0 Å². The van der Waals surface area contributed by atoms with Crippen LogP contribution in [0.5, 0.6) is 0 Å². The first kappa shape index (κ1) is 15.5. The number of rotatable bonds is 5. The van der Waals surface area contributed by atoms with Crippen LogP contribution in [0.15, 0.2) is 30.3 Å². The second kappa shape index (κ2) is 6.74. The van der Waals surface area contributed by atoms with Gasteiger partial charge < -0.3 is 10.6 Å². The van der Waals surface area contributed by atoms with Gasteiger partial charge in [-0.15, -0.1) is 0 Å². The van der Waals surface area contributed by atoms with Gasteiger partial charge in [-0.25, -0.2) is 0 Å². The monoisotopic (exact) mass is 306 g/mol. The summed E-state index contributed by atoms with van der Waals surface area (Å²) in [5, 5.41) is 10.9. The second-order valence-corrected chi connectivity index (χ2v) is 5.37. The third-order valence-corrected chi connectivity index (χ3v) is 3.55. The quantitative estimate of drug-likeness (QED) is 0.893. The van der Waals surface area contributed by atoms with Gasteiger partial charge in [0.2, 0.25) is 5.91 Å². The van der Waals surface area contributed by atoms with Crippen LogP contribution in [0, 0.1) is 6.92 Å². The summed E-state index contributed by atoms with van der Waals surface area (Å²) in [6.45, 7) is 4.06. The molecule has 6 heteroatoms. The van der Waals surface area contributed by atoms with E-state index in [1.807, 2.05) is 44.2 Å². The van der Waals surface area contributed by atoms with Gasteiger partial charge >= 0.3 is 0 Å². The van der Waals surface area contributed by atoms with Gasteiger partial charge in [-0.1, -0.05) is 29.8 Å². The average molecular weight is 307 g/mol. The predicted molar refractivity (Wildman–Crippen MR) is 84.4 cm³/mol. The van der Waals surface area contributed by atoms with Gasteiger partial charge in [0.25, 0.3) is 0 Å². The van der Waals surface area contributed by atoms with Crippen molar-refractivity contribution in [1.82, 2.24) is 15.1 Å². The van der Waals surface area contributed by atoms with E-state index >= 15 is 0 Å². The summed E-state index contributed by atoms with van der Waals surface area (Å²) in [6, 6.07) is 9.43. The van der Waals surface area contributed by atoms with Crippen molar-refractivity contribution in [2.75, 3.05) is 11.9 Å². The van der Waals surface area contributed by atoms with Crippen LogP contribution >= 0.6 is 11.6 Å². The lowest BCUT2D eigenvalue weighted by Crippen LogP contribution is -2.30. The van der Waals surface area contributed by atoms with E-state index < -0.39 is 0 Å². The molecular weight excluding hydrogens is 288 g/mol. The van der Waals surface area contributed by atoms with Gasteiger partial charge in [-0.05, 0) is 25.5 Å². The van der Waals surface area contributed by atoms with Crippen LogP contribution in [-0.2, 0) is 11.8 Å². The fourth-order valence-electron chi connectivity index (χ4n) is 2.10. The van der Waals surface area contributed by atoms with E-state index in [1.165, 1.54) is 0 Å². The molecule has 1 atom stereocenters. The molecule has 0 aliphatic rings. The van der Waals surface area contributed by atoms with Crippen molar-refractivity contribution in [3.05, 3.63) is 46.6 Å². The number of carbonyl (C=O) groups is 1. The molecule has 0 spiro atoms. The first-order chi connectivity index (χ1) is 9.97. The van der Waals surface area contributed by atoms with Crippen LogP contribution in [0.2, 0.25) is 5.02 Å². The number of amides is 1. The summed E-state index contributed by atoms with van der Waals surface area (Å²) >= 11 is 6.14. The van der Waals surface area contributed by atoms with Crippen molar-refractivity contribution in [1.29, 1.82) is 0 Å². The molecule has 1 unspecified atom stereocenters. The molecule has 0 saturated carbocycles. The minimum absolute atomic E-state index is 0.00211. The number of halogens is 1. The maximum absolute atomic E-state index is 11.9. The lowest BCUT2D eigenvalue weighted by molar-refractivity contribution is -0.115. The molecule has 5 nitrogen and oxygen atoms in total. The molecule has 1 amide bonds. The molecule has 1 aromatic heterocycles. The lowest BCUT2D eigenvalue weighted by Gasteiger charge is -2.15. The average Bonchev–Trinajstić information content (AvgIpc) is 2.74. The van der Waals surface area contributed by atoms with Crippen molar-refractivity contribution in [2.24, 2.45) is 7.05 Å². The van der Waals surface area contributed by atoms with E-state index in [1.54, 1.807) is 11.7 Å². The zero-order chi connectivity index (χ0) is 15.4. The predicted octanol–water partition coefficient (Wildman–Crippen LogP) is 2.67. The van der Waals surface area contributed by atoms with Gasteiger partial charge in [0.1, 0.15) is 5.82 Å². The molecule has 0 fully saturated rings. The van der Waals surface area contributed by atoms with Crippen LogP contribution in [0.4, 0.5) is 5.82 Å². The van der Waals surface area contributed by atoms with E-state index in [0.717, 1.165) is 11.3 Å². The second-order valence-electron chi connectivity index (χ2n) is 4.97. The van der Waals surface area contributed by atoms with Gasteiger partial charge in [0.05, 0.1) is 12.2 Å². The Hall–Kier alpha value is -1.85. The number of nitrogens with one attached hydrogen (secondary N) is 2. The Morgan fingerprint density at radius 2 is 2.14 bits per heavy atom. The van der Waals surface area contributed by atoms with Crippen molar-refractivity contribution in [3.8, 4) is 0 Å². The Balaban J connectivity index is 1.89. The summed E-state index contributed by atoms with van der Waals surface area (Å²) in [5.74, 6) is 0.571. The molecule has 2 rings (SSSR count). The number of carbonyl (C=O) groups excluding carboxylic acids is 1. The molecule has 0 aliphatic carbocycles. The molecule has 21 heavy (non-hydrogen) atoms. The van der Waals surface area contributed by atoms with Crippen LogP contribution in [0.25, 0.3) is 0 Å². The first-order valence-corrected chi connectivity index (χ1v) is 7.13. The first-order valence-electron chi connectivity index (χ1n) is 6.75. The lowest BCUT2D eigenvalue weighted by atomic mass is 10.1. The number of aromatic nitrogens is 2. The Bertz CT molecular complexity index is 638. The Kier molecular flexibility index (Phi) is 4.98. The summed E-state index contributed by atoms with van der Waals surface area (Å²) < 4.78 is 1.64. The van der Waals surface area contributed by atoms with Crippen molar-refractivity contribution < 1.29 is 4.79 Å². The minimum Gasteiger partial charge on any atom is -0.310 e. The van der Waals surface area contributed by atoms with Crippen molar-refractivity contribution in [3.63, 3.8) is 0 Å². The number of aryl methyl sites for hydroxylation is 2. The van der Waals surface area contributed by atoms with Crippen LogP contribution < -0.4 is 10.6 Å². The van der Waals surface area contributed by atoms with Crippen LogP contribution in [0.1, 0.15) is 24.2 Å². The third-order valence-electron chi connectivity index (χ3n) is 3.21. The molecule has 2 N–H and O–H groups in total. The zero-order valence-electron chi connectivity index (χ0n) is 12.4. The number of benzene rings is 1. The standard InChI is InChI=1S/C15H19ClN4O/c1-10-8-14(20(3)19-10)18-15(21)9-17-11(2)12-6-4-5-7-13(12)16/h4-8,11,17H,9H2,1-3H3,(H,18,21). The van der Waals surface area contributed by atoms with E-state index in [0.29, 0.717) is 10.8 Å². The summed E-state index contributed by atoms with van der Waals surface area (Å²) in [6.07, 6.45) is 0. The van der Waals surface area contributed by atoms with Gasteiger partial charge in [0, 0.05) is 24.2 Å². The molecule has 112 valence electrons. The topological polar surface area (TPSA) is 59.0 Å². The van der Waals surface area contributed by atoms with E-state index in [9.17, 15) is 4.79 Å². The normalized spacial score (nSPS) is 12.2. The largest absolute Gasteiger partial charge is 0.310 e. The number of hydrogen-bond acceptors (Lipinski definition) is 3. The number of nitrogens with zero attached hydrogens (tertiary/aromatic N) is 2. The van der Waals surface area contributed by atoms with Gasteiger partial charge in [-0.3, -0.25) is 9.48 Å². The smallest absolute Gasteiger partial charge is 0.239 e. The maximum atomic E-state index is 11.9. The third kappa shape index (κ3) is 4.06. The molecular formula is C15H19ClN4O. The summed E-state index contributed by atoms with van der Waals surface area (Å²) in [4.78, 5) is 11.9. The fraction of sp³-hybridized carbons (Fsp3) is 0.333. The molecule has 1 aromatic carbocycles. The molecule has 1 heterocycles. The summed E-state index contributed by atoms with van der Waals surface area (Å²) in [5.41, 5.74) is 1.84. The highest BCUT2D eigenvalue weighted by Gasteiger charge is 2.11. The Morgan fingerprint density at radius 1 is 1.43 bits per heavy atom. The highest BCUT2D eigenvalue weighted by molar-refractivity contribution is 6.31. The van der Waals surface area contributed by atoms with E-state index in [2.05, 4.69) is 15.7 Å². The molecule has 0 bridgehead atoms. The maximum Gasteiger partial charge on any atom is 0.239 e. The SMILES string of the molecule is Cc1cc(NC(=O)CNC(C)c2ccccc2Cl)n(C)n1. The molecule has 2 aromatic rings. The van der Waals surface area contributed by atoms with E-state index in [-0.39, 0.29) is 18.5 Å². The van der Waals surface area contributed by atoms with Crippen LogP contribution in [-0.4, -0.2) is 22.2 Å². The number of anilines is 1. The highest BCUT2D eigenvalue weighted by Crippen LogP contribution is 2.21. The number of hydrogen-bond donors (Lipinski definition) is 2. The van der Waals surface area contributed by atoms with Crippen LogP contribution in [0.3, 0.4) is 0 Å². The Labute approximate surface area is 129 Å². The fourth-order valence-corrected chi connectivity index (χ4v) is 2.40. The minimum atomic E-state index is -0.114. The van der Waals surface area contributed by atoms with E-state index in [4.69, 9.17) is 11.6 Å². The summed E-state index contributed by atoms with van der Waals surface area (Å²) in [7, 11) is 1.79. The van der Waals surface area contributed by atoms with Crippen molar-refractivity contribution >= 4 is 23.3 Å². The molecule has 0 aliphatic heterocycles. The zero-order valence-corrected chi connectivity index (χ0v) is 13.1. The van der Waals surface area contributed by atoms with Crippen molar-refractivity contribution in [2.45, 2.75) is 19.9 Å².